The Kier molecular flexibility index (Phi) is 2.92. The molecule has 0 bridgehead atoms. The lowest BCUT2D eigenvalue weighted by Gasteiger charge is -2.38. The van der Waals surface area contributed by atoms with Crippen LogP contribution in [0.2, 0.25) is 0 Å². The Labute approximate surface area is 105 Å². The molecule has 1 fully saturated rings. The minimum absolute atomic E-state index is 0.168. The molecule has 3 unspecified atom stereocenters. The maximum Gasteiger partial charge on any atom is 0.308 e. The van der Waals surface area contributed by atoms with Gasteiger partial charge in [0.1, 0.15) is 0 Å². The van der Waals surface area contributed by atoms with Crippen molar-refractivity contribution in [2.75, 3.05) is 0 Å². The molecule has 0 radical (unpaired) electrons. The van der Waals surface area contributed by atoms with E-state index in [4.69, 9.17) is 5.11 Å². The predicted molar refractivity (Wildman–Crippen MR) is 67.3 cm³/mol. The average Bonchev–Trinajstić information content (AvgIpc) is 2.71. The third kappa shape index (κ3) is 2.00. The molecule has 3 rings (SSSR count). The van der Waals surface area contributed by atoms with E-state index in [0.29, 0.717) is 6.04 Å². The molecule has 1 saturated carbocycles. The molecule has 1 heterocycles. The Morgan fingerprint density at radius 2 is 2.29 bits per heavy atom. The Balaban J connectivity index is 1.69. The van der Waals surface area contributed by atoms with Crippen molar-refractivity contribution in [1.29, 1.82) is 0 Å². The standard InChI is InChI=1S/C13H17NO2S/c15-13(16)9-4-5-11(9)14-10-2-1-3-12-8(10)6-7-17-12/h6-7,9-11,14H,1-5H2,(H,15,16). The minimum atomic E-state index is -0.643. The number of rotatable bonds is 3. The van der Waals surface area contributed by atoms with E-state index in [-0.39, 0.29) is 12.0 Å². The van der Waals surface area contributed by atoms with Gasteiger partial charge in [-0.1, -0.05) is 0 Å². The maximum atomic E-state index is 11.0. The van der Waals surface area contributed by atoms with Crippen LogP contribution >= 0.6 is 11.3 Å². The van der Waals surface area contributed by atoms with Gasteiger partial charge >= 0.3 is 5.97 Å². The van der Waals surface area contributed by atoms with Crippen LogP contribution in [0.1, 0.15) is 42.2 Å². The first-order chi connectivity index (χ1) is 8.25. The van der Waals surface area contributed by atoms with E-state index in [1.165, 1.54) is 23.3 Å². The van der Waals surface area contributed by atoms with E-state index in [1.807, 2.05) is 11.3 Å². The van der Waals surface area contributed by atoms with Gasteiger partial charge < -0.3 is 10.4 Å². The molecule has 17 heavy (non-hydrogen) atoms. The van der Waals surface area contributed by atoms with Crippen LogP contribution in [0.5, 0.6) is 0 Å². The zero-order valence-electron chi connectivity index (χ0n) is 9.69. The van der Waals surface area contributed by atoms with Crippen LogP contribution in [0.4, 0.5) is 0 Å². The molecule has 0 aromatic carbocycles. The number of fused-ring (bicyclic) bond motifs is 1. The lowest BCUT2D eigenvalue weighted by molar-refractivity contribution is -0.146. The molecule has 4 heteroatoms. The fourth-order valence-corrected chi connectivity index (χ4v) is 3.90. The second-order valence-electron chi connectivity index (χ2n) is 5.04. The number of carbonyl (C=O) groups is 1. The topological polar surface area (TPSA) is 49.3 Å². The summed E-state index contributed by atoms with van der Waals surface area (Å²) in [5, 5.41) is 14.8. The summed E-state index contributed by atoms with van der Waals surface area (Å²) in [6, 6.07) is 2.77. The molecule has 92 valence electrons. The number of aryl methyl sites for hydroxylation is 1. The van der Waals surface area contributed by atoms with Crippen molar-refractivity contribution in [3.63, 3.8) is 0 Å². The molecule has 2 aliphatic rings. The van der Waals surface area contributed by atoms with Crippen LogP contribution in [-0.2, 0) is 11.2 Å². The SMILES string of the molecule is O=C(O)C1CCC1NC1CCCc2sccc21. The summed E-state index contributed by atoms with van der Waals surface area (Å²) in [5.41, 5.74) is 1.41. The third-order valence-corrected chi connectivity index (χ3v) is 5.06. The zero-order chi connectivity index (χ0) is 11.8. The average molecular weight is 251 g/mol. The summed E-state index contributed by atoms with van der Waals surface area (Å²) in [6.07, 6.45) is 5.39. The normalized spacial score (nSPS) is 31.6. The fraction of sp³-hybridized carbons (Fsp3) is 0.615. The lowest BCUT2D eigenvalue weighted by Crippen LogP contribution is -2.49. The maximum absolute atomic E-state index is 11.0. The van der Waals surface area contributed by atoms with E-state index < -0.39 is 5.97 Å². The Morgan fingerprint density at radius 3 is 3.00 bits per heavy atom. The van der Waals surface area contributed by atoms with Gasteiger partial charge in [-0.3, -0.25) is 4.79 Å². The Morgan fingerprint density at radius 1 is 1.41 bits per heavy atom. The van der Waals surface area contributed by atoms with Gasteiger partial charge in [-0.2, -0.15) is 0 Å². The Bertz CT molecular complexity index is 429. The van der Waals surface area contributed by atoms with Crippen LogP contribution in [0.25, 0.3) is 0 Å². The molecule has 2 N–H and O–H groups in total. The molecular formula is C13H17NO2S. The number of carboxylic acids is 1. The van der Waals surface area contributed by atoms with Gasteiger partial charge in [-0.15, -0.1) is 11.3 Å². The lowest BCUT2D eigenvalue weighted by atomic mass is 9.78. The van der Waals surface area contributed by atoms with Crippen molar-refractivity contribution in [2.24, 2.45) is 5.92 Å². The number of nitrogens with one attached hydrogen (secondary N) is 1. The number of carboxylic acid groups (broad SMARTS) is 1. The number of hydrogen-bond acceptors (Lipinski definition) is 3. The van der Waals surface area contributed by atoms with E-state index in [9.17, 15) is 4.79 Å². The van der Waals surface area contributed by atoms with Crippen LogP contribution < -0.4 is 5.32 Å². The first-order valence-electron chi connectivity index (χ1n) is 6.31. The summed E-state index contributed by atoms with van der Waals surface area (Å²) < 4.78 is 0. The molecule has 3 nitrogen and oxygen atoms in total. The van der Waals surface area contributed by atoms with E-state index in [1.54, 1.807) is 0 Å². The van der Waals surface area contributed by atoms with E-state index in [0.717, 1.165) is 19.3 Å². The van der Waals surface area contributed by atoms with Crippen LogP contribution in [0.3, 0.4) is 0 Å². The predicted octanol–water partition coefficient (Wildman–Crippen LogP) is 2.58. The first kappa shape index (κ1) is 11.2. The van der Waals surface area contributed by atoms with Gasteiger partial charge in [0.15, 0.2) is 0 Å². The molecule has 2 aliphatic carbocycles. The summed E-state index contributed by atoms with van der Waals surface area (Å²) in [7, 11) is 0. The van der Waals surface area contributed by atoms with Gasteiger partial charge in [0.05, 0.1) is 5.92 Å². The van der Waals surface area contributed by atoms with Crippen molar-refractivity contribution in [2.45, 2.75) is 44.2 Å². The second-order valence-corrected chi connectivity index (χ2v) is 6.04. The largest absolute Gasteiger partial charge is 0.481 e. The summed E-state index contributed by atoms with van der Waals surface area (Å²) in [6.45, 7) is 0. The molecular weight excluding hydrogens is 234 g/mol. The van der Waals surface area contributed by atoms with E-state index in [2.05, 4.69) is 16.8 Å². The van der Waals surface area contributed by atoms with Crippen LogP contribution in [0.15, 0.2) is 11.4 Å². The number of thiophene rings is 1. The van der Waals surface area contributed by atoms with Gasteiger partial charge in [0.2, 0.25) is 0 Å². The molecule has 1 aromatic rings. The smallest absolute Gasteiger partial charge is 0.308 e. The highest BCUT2D eigenvalue weighted by Gasteiger charge is 2.38. The van der Waals surface area contributed by atoms with Gasteiger partial charge in [0, 0.05) is 17.0 Å². The highest BCUT2D eigenvalue weighted by molar-refractivity contribution is 7.10. The van der Waals surface area contributed by atoms with Crippen molar-refractivity contribution in [3.05, 3.63) is 21.9 Å². The van der Waals surface area contributed by atoms with Crippen molar-refractivity contribution < 1.29 is 9.90 Å². The summed E-state index contributed by atoms with van der Waals surface area (Å²) in [5.74, 6) is -0.811. The number of aliphatic carboxylic acids is 1. The third-order valence-electron chi connectivity index (χ3n) is 4.06. The van der Waals surface area contributed by atoms with Gasteiger partial charge in [0.25, 0.3) is 0 Å². The van der Waals surface area contributed by atoms with Gasteiger partial charge in [-0.05, 0) is 49.1 Å². The summed E-state index contributed by atoms with van der Waals surface area (Å²) >= 11 is 1.83. The molecule has 3 atom stereocenters. The molecule has 0 amide bonds. The van der Waals surface area contributed by atoms with Gasteiger partial charge in [-0.25, -0.2) is 0 Å². The van der Waals surface area contributed by atoms with Crippen molar-refractivity contribution in [1.82, 2.24) is 5.32 Å². The zero-order valence-corrected chi connectivity index (χ0v) is 10.5. The highest BCUT2D eigenvalue weighted by Crippen LogP contribution is 2.36. The summed E-state index contributed by atoms with van der Waals surface area (Å²) in [4.78, 5) is 12.5. The number of hydrogen-bond donors (Lipinski definition) is 2. The van der Waals surface area contributed by atoms with E-state index >= 15 is 0 Å². The van der Waals surface area contributed by atoms with Crippen molar-refractivity contribution >= 4 is 17.3 Å². The second kappa shape index (κ2) is 4.42. The first-order valence-corrected chi connectivity index (χ1v) is 7.19. The molecule has 0 saturated heterocycles. The molecule has 0 aliphatic heterocycles. The molecule has 1 aromatic heterocycles. The monoisotopic (exact) mass is 251 g/mol. The van der Waals surface area contributed by atoms with Crippen LogP contribution in [-0.4, -0.2) is 17.1 Å². The minimum Gasteiger partial charge on any atom is -0.481 e. The van der Waals surface area contributed by atoms with Crippen molar-refractivity contribution in [3.8, 4) is 0 Å². The Hall–Kier alpha value is -0.870. The fourth-order valence-electron chi connectivity index (χ4n) is 2.91. The quantitative estimate of drug-likeness (QED) is 0.868. The highest BCUT2D eigenvalue weighted by atomic mass is 32.1. The molecule has 0 spiro atoms. The van der Waals surface area contributed by atoms with Crippen LogP contribution in [0, 0.1) is 5.92 Å².